The second kappa shape index (κ2) is 14.7. The van der Waals surface area contributed by atoms with E-state index in [0.29, 0.717) is 13.2 Å². The van der Waals surface area contributed by atoms with Gasteiger partial charge in [0, 0.05) is 32.6 Å². The summed E-state index contributed by atoms with van der Waals surface area (Å²) in [4.78, 5) is 22.3. The van der Waals surface area contributed by atoms with Crippen LogP contribution in [0.3, 0.4) is 0 Å². The van der Waals surface area contributed by atoms with Crippen molar-refractivity contribution in [3.05, 3.63) is 35.3 Å². The number of halogens is 6. The van der Waals surface area contributed by atoms with Gasteiger partial charge in [0.05, 0.1) is 13.2 Å². The topological polar surface area (TPSA) is 134 Å². The smallest absolute Gasteiger partial charge is 0.475 e. The van der Waals surface area contributed by atoms with Crippen molar-refractivity contribution < 1.29 is 55.3 Å². The Bertz CT molecular complexity index is 997. The van der Waals surface area contributed by atoms with Crippen molar-refractivity contribution in [2.45, 2.75) is 45.4 Å². The predicted octanol–water partition coefficient (Wildman–Crippen LogP) is 2.58. The molecule has 0 unspecified atom stereocenters. The Morgan fingerprint density at radius 2 is 1.61 bits per heavy atom. The zero-order valence-electron chi connectivity index (χ0n) is 20.8. The lowest BCUT2D eigenvalue weighted by atomic mass is 10.3. The minimum Gasteiger partial charge on any atom is -0.475 e. The summed E-state index contributed by atoms with van der Waals surface area (Å²) in [6, 6.07) is 4.08. The van der Waals surface area contributed by atoms with Crippen molar-refractivity contribution in [1.82, 2.24) is 24.6 Å². The van der Waals surface area contributed by atoms with Crippen LogP contribution < -0.4 is 0 Å². The van der Waals surface area contributed by atoms with Crippen LogP contribution in [0.1, 0.15) is 23.2 Å². The lowest BCUT2D eigenvalue weighted by molar-refractivity contribution is -0.193. The lowest BCUT2D eigenvalue weighted by Crippen LogP contribution is -2.26. The molecular formula is C21H29F6N5O6. The van der Waals surface area contributed by atoms with Gasteiger partial charge in [0.25, 0.3) is 0 Å². The molecule has 2 aromatic heterocycles. The molecule has 216 valence electrons. The molecule has 0 spiro atoms. The van der Waals surface area contributed by atoms with E-state index in [0.717, 1.165) is 62.3 Å². The summed E-state index contributed by atoms with van der Waals surface area (Å²) in [5.41, 5.74) is 0. The second-order valence-electron chi connectivity index (χ2n) is 8.18. The fourth-order valence-corrected chi connectivity index (χ4v) is 2.89. The molecule has 0 aromatic carbocycles. The minimum absolute atomic E-state index is 0.526. The standard InChI is InChI=1S/C17H27N5O2.2C2HF3O2/c1-14-4-5-15(24-14)12-21-7-6-16-18-19-17(22(16)9-8-21)13-23-11-10-20(2)3;2*3-2(4,5)1(6)7/h4-5H,6-13H2,1-3H3;2*(H,6,7). The molecule has 0 saturated heterocycles. The third-order valence-corrected chi connectivity index (χ3v) is 4.77. The first-order chi connectivity index (χ1) is 17.5. The Kier molecular flexibility index (Phi) is 12.7. The number of aliphatic carboxylic acids is 2. The summed E-state index contributed by atoms with van der Waals surface area (Å²) < 4.78 is 77.1. The summed E-state index contributed by atoms with van der Waals surface area (Å²) in [6.07, 6.45) is -9.26. The van der Waals surface area contributed by atoms with Gasteiger partial charge in [-0.15, -0.1) is 10.2 Å². The zero-order valence-corrected chi connectivity index (χ0v) is 20.8. The van der Waals surface area contributed by atoms with E-state index in [1.54, 1.807) is 0 Å². The van der Waals surface area contributed by atoms with Gasteiger partial charge >= 0.3 is 24.3 Å². The van der Waals surface area contributed by atoms with Gasteiger partial charge in [-0.2, -0.15) is 26.3 Å². The number of aryl methyl sites for hydroxylation is 1. The molecule has 0 saturated carbocycles. The molecule has 38 heavy (non-hydrogen) atoms. The maximum absolute atomic E-state index is 10.6. The molecule has 3 heterocycles. The van der Waals surface area contributed by atoms with Gasteiger partial charge in [-0.05, 0) is 33.2 Å². The first-order valence-corrected chi connectivity index (χ1v) is 11.0. The molecule has 0 bridgehead atoms. The molecule has 1 aliphatic heterocycles. The monoisotopic (exact) mass is 561 g/mol. The highest BCUT2D eigenvalue weighted by molar-refractivity contribution is 5.73. The molecular weight excluding hydrogens is 532 g/mol. The van der Waals surface area contributed by atoms with Crippen molar-refractivity contribution >= 4 is 11.9 Å². The van der Waals surface area contributed by atoms with Crippen molar-refractivity contribution in [3.63, 3.8) is 0 Å². The highest BCUT2D eigenvalue weighted by atomic mass is 19.4. The number of ether oxygens (including phenoxy) is 1. The van der Waals surface area contributed by atoms with E-state index in [1.807, 2.05) is 27.1 Å². The van der Waals surface area contributed by atoms with E-state index < -0.39 is 24.3 Å². The van der Waals surface area contributed by atoms with Crippen LogP contribution in [0.5, 0.6) is 0 Å². The van der Waals surface area contributed by atoms with E-state index in [9.17, 15) is 26.3 Å². The van der Waals surface area contributed by atoms with E-state index >= 15 is 0 Å². The first kappa shape index (κ1) is 32.8. The van der Waals surface area contributed by atoms with Gasteiger partial charge in [0.1, 0.15) is 24.0 Å². The maximum Gasteiger partial charge on any atom is 0.490 e. The molecule has 0 aliphatic carbocycles. The molecule has 0 atom stereocenters. The largest absolute Gasteiger partial charge is 0.490 e. The molecule has 3 rings (SSSR count). The van der Waals surface area contributed by atoms with Crippen molar-refractivity contribution in [2.75, 3.05) is 40.3 Å². The van der Waals surface area contributed by atoms with Gasteiger partial charge in [-0.25, -0.2) is 9.59 Å². The second-order valence-corrected chi connectivity index (χ2v) is 8.18. The van der Waals surface area contributed by atoms with E-state index in [2.05, 4.69) is 30.6 Å². The molecule has 0 amide bonds. The Balaban J connectivity index is 0.000000426. The number of carbonyl (C=O) groups is 2. The highest BCUT2D eigenvalue weighted by Gasteiger charge is 2.38. The summed E-state index contributed by atoms with van der Waals surface area (Å²) in [5, 5.41) is 22.9. The number of likely N-dealkylation sites (N-methyl/N-ethyl adjacent to an activating group) is 1. The van der Waals surface area contributed by atoms with Crippen LogP contribution in [0.25, 0.3) is 0 Å². The number of fused-ring (bicyclic) bond motifs is 1. The Morgan fingerprint density at radius 3 is 2.08 bits per heavy atom. The van der Waals surface area contributed by atoms with Gasteiger partial charge in [-0.3, -0.25) is 4.90 Å². The number of rotatable bonds is 7. The van der Waals surface area contributed by atoms with Crippen LogP contribution in [0.2, 0.25) is 0 Å². The third kappa shape index (κ3) is 12.4. The molecule has 11 nitrogen and oxygen atoms in total. The Hall–Kier alpha value is -3.18. The third-order valence-electron chi connectivity index (χ3n) is 4.77. The summed E-state index contributed by atoms with van der Waals surface area (Å²) in [5.74, 6) is -1.54. The quantitative estimate of drug-likeness (QED) is 0.384. The predicted molar refractivity (Wildman–Crippen MR) is 118 cm³/mol. The van der Waals surface area contributed by atoms with Gasteiger partial charge < -0.3 is 28.8 Å². The fourth-order valence-electron chi connectivity index (χ4n) is 2.89. The minimum atomic E-state index is -5.08. The van der Waals surface area contributed by atoms with Crippen LogP contribution in [-0.2, 0) is 40.4 Å². The van der Waals surface area contributed by atoms with Crippen LogP contribution in [0.15, 0.2) is 16.5 Å². The molecule has 0 fully saturated rings. The normalized spacial score (nSPS) is 14.1. The van der Waals surface area contributed by atoms with E-state index in [1.165, 1.54) is 0 Å². The van der Waals surface area contributed by atoms with Gasteiger partial charge in [0.15, 0.2) is 5.82 Å². The Labute approximate surface area is 213 Å². The first-order valence-electron chi connectivity index (χ1n) is 11.0. The van der Waals surface area contributed by atoms with E-state index in [-0.39, 0.29) is 0 Å². The number of hydrogen-bond acceptors (Lipinski definition) is 8. The van der Waals surface area contributed by atoms with E-state index in [4.69, 9.17) is 29.0 Å². The van der Waals surface area contributed by atoms with Crippen LogP contribution in [0.4, 0.5) is 26.3 Å². The highest BCUT2D eigenvalue weighted by Crippen LogP contribution is 2.15. The number of carboxylic acid groups (broad SMARTS) is 2. The molecule has 2 N–H and O–H groups in total. The molecule has 17 heteroatoms. The summed E-state index contributed by atoms with van der Waals surface area (Å²) >= 11 is 0. The van der Waals surface area contributed by atoms with Crippen molar-refractivity contribution in [2.24, 2.45) is 0 Å². The number of alkyl halides is 6. The fraction of sp³-hybridized carbons (Fsp3) is 0.619. The van der Waals surface area contributed by atoms with Gasteiger partial charge in [-0.1, -0.05) is 0 Å². The van der Waals surface area contributed by atoms with Crippen LogP contribution in [-0.4, -0.2) is 99.4 Å². The van der Waals surface area contributed by atoms with Gasteiger partial charge in [0.2, 0.25) is 0 Å². The number of furan rings is 1. The van der Waals surface area contributed by atoms with Crippen molar-refractivity contribution in [3.8, 4) is 0 Å². The van der Waals surface area contributed by atoms with Crippen LogP contribution >= 0.6 is 0 Å². The Morgan fingerprint density at radius 1 is 1.03 bits per heavy atom. The number of aromatic nitrogens is 3. The molecule has 2 aromatic rings. The summed E-state index contributed by atoms with van der Waals surface area (Å²) in [7, 11) is 4.09. The molecule has 1 aliphatic rings. The maximum atomic E-state index is 10.6. The number of hydrogen-bond donors (Lipinski definition) is 2. The number of nitrogens with zero attached hydrogens (tertiary/aromatic N) is 5. The SMILES string of the molecule is Cc1ccc(CN2CCc3nnc(COCCN(C)C)n3CC2)o1.O=C(O)C(F)(F)F.O=C(O)C(F)(F)F. The summed E-state index contributed by atoms with van der Waals surface area (Å²) in [6.45, 7) is 7.81. The average Bonchev–Trinajstić information content (AvgIpc) is 3.31. The number of carboxylic acids is 2. The lowest BCUT2D eigenvalue weighted by Gasteiger charge is -2.18. The zero-order chi connectivity index (χ0) is 29.1. The molecule has 0 radical (unpaired) electrons. The van der Waals surface area contributed by atoms with Crippen molar-refractivity contribution in [1.29, 1.82) is 0 Å². The average molecular weight is 561 g/mol. The van der Waals surface area contributed by atoms with Crippen LogP contribution in [0, 0.1) is 6.92 Å².